The van der Waals surface area contributed by atoms with Gasteiger partial charge >= 0.3 is 0 Å². The summed E-state index contributed by atoms with van der Waals surface area (Å²) in [6, 6.07) is 0.203. The first-order valence-corrected chi connectivity index (χ1v) is 7.94. The van der Waals surface area contributed by atoms with E-state index in [-0.39, 0.29) is 17.2 Å². The van der Waals surface area contributed by atoms with Crippen LogP contribution in [0.4, 0.5) is 0 Å². The third kappa shape index (κ3) is 3.19. The Morgan fingerprint density at radius 2 is 2.00 bits per heavy atom. The highest BCUT2D eigenvalue weighted by Crippen LogP contribution is 2.25. The van der Waals surface area contributed by atoms with Crippen molar-refractivity contribution < 1.29 is 9.53 Å². The number of hydrogen-bond donors (Lipinski definition) is 1. The van der Waals surface area contributed by atoms with Crippen molar-refractivity contribution in [3.8, 4) is 0 Å². The Morgan fingerprint density at radius 1 is 1.24 bits per heavy atom. The lowest BCUT2D eigenvalue weighted by Gasteiger charge is -2.28. The van der Waals surface area contributed by atoms with Gasteiger partial charge in [0, 0.05) is 24.4 Å². The number of rotatable bonds is 3. The van der Waals surface area contributed by atoms with Crippen LogP contribution in [0.2, 0.25) is 5.28 Å². The van der Waals surface area contributed by atoms with Crippen molar-refractivity contribution in [1.82, 2.24) is 15.3 Å². The topological polar surface area (TPSA) is 64.1 Å². The second-order valence-electron chi connectivity index (χ2n) is 5.80. The molecule has 5 nitrogen and oxygen atoms in total. The number of hydrogen-bond acceptors (Lipinski definition) is 4. The van der Waals surface area contributed by atoms with E-state index in [2.05, 4.69) is 15.3 Å². The Labute approximate surface area is 129 Å². The van der Waals surface area contributed by atoms with E-state index in [0.717, 1.165) is 56.2 Å². The lowest BCUT2D eigenvalue weighted by atomic mass is 9.93. The number of ether oxygens (including phenoxy) is 1. The summed E-state index contributed by atoms with van der Waals surface area (Å²) in [6.45, 7) is 0. The van der Waals surface area contributed by atoms with Crippen LogP contribution in [-0.2, 0) is 17.6 Å². The lowest BCUT2D eigenvalue weighted by molar-refractivity contribution is 0.0598. The number of nitrogens with one attached hydrogen (secondary N) is 1. The molecule has 0 radical (unpaired) electrons. The standard InChI is InChI=1S/C15H20ClN3O2/c1-21-10-7-5-9(6-8-10)17-14(20)13-11-3-2-4-12(11)18-15(16)19-13/h9-10H,2-8H2,1H3,(H,17,20). The lowest BCUT2D eigenvalue weighted by Crippen LogP contribution is -2.39. The smallest absolute Gasteiger partial charge is 0.270 e. The fraction of sp³-hybridized carbons (Fsp3) is 0.667. The molecule has 1 amide bonds. The highest BCUT2D eigenvalue weighted by Gasteiger charge is 2.26. The summed E-state index contributed by atoms with van der Waals surface area (Å²) in [6.07, 6.45) is 6.98. The third-order valence-electron chi connectivity index (χ3n) is 4.46. The van der Waals surface area contributed by atoms with Gasteiger partial charge < -0.3 is 10.1 Å². The van der Waals surface area contributed by atoms with Crippen LogP contribution in [0.25, 0.3) is 0 Å². The molecule has 21 heavy (non-hydrogen) atoms. The number of aryl methyl sites for hydroxylation is 1. The number of halogens is 1. The SMILES string of the molecule is COC1CCC(NC(=O)c2nc(Cl)nc3c2CCC3)CC1. The minimum absolute atomic E-state index is 0.113. The van der Waals surface area contributed by atoms with Crippen molar-refractivity contribution in [2.45, 2.75) is 57.1 Å². The van der Waals surface area contributed by atoms with Crippen LogP contribution in [0.3, 0.4) is 0 Å². The van der Waals surface area contributed by atoms with Crippen molar-refractivity contribution in [2.24, 2.45) is 0 Å². The number of carbonyl (C=O) groups excluding carboxylic acids is 1. The molecule has 6 heteroatoms. The van der Waals surface area contributed by atoms with Gasteiger partial charge in [-0.1, -0.05) is 0 Å². The predicted octanol–water partition coefficient (Wildman–Crippen LogP) is 2.31. The fourth-order valence-electron chi connectivity index (χ4n) is 3.29. The third-order valence-corrected chi connectivity index (χ3v) is 4.63. The van der Waals surface area contributed by atoms with Gasteiger partial charge in [0.25, 0.3) is 5.91 Å². The zero-order valence-electron chi connectivity index (χ0n) is 12.2. The maximum Gasteiger partial charge on any atom is 0.270 e. The minimum atomic E-state index is -0.113. The average molecular weight is 310 g/mol. The molecule has 0 unspecified atom stereocenters. The van der Waals surface area contributed by atoms with Crippen LogP contribution >= 0.6 is 11.6 Å². The van der Waals surface area contributed by atoms with E-state index in [1.807, 2.05) is 0 Å². The molecule has 1 aromatic heterocycles. The average Bonchev–Trinajstić information content (AvgIpc) is 2.95. The molecule has 0 spiro atoms. The maximum atomic E-state index is 12.5. The molecule has 2 aliphatic carbocycles. The number of nitrogens with zero attached hydrogens (tertiary/aromatic N) is 2. The molecule has 1 aromatic rings. The van der Waals surface area contributed by atoms with Gasteiger partial charge in [-0.2, -0.15) is 0 Å². The van der Waals surface area contributed by atoms with Gasteiger partial charge in [-0.15, -0.1) is 0 Å². The van der Waals surface area contributed by atoms with E-state index in [0.29, 0.717) is 11.8 Å². The molecule has 3 rings (SSSR count). The second kappa shape index (κ2) is 6.28. The molecule has 0 atom stereocenters. The Hall–Kier alpha value is -1.20. The van der Waals surface area contributed by atoms with Crippen molar-refractivity contribution in [1.29, 1.82) is 0 Å². The van der Waals surface area contributed by atoms with E-state index >= 15 is 0 Å². The van der Waals surface area contributed by atoms with Crippen molar-refractivity contribution in [3.05, 3.63) is 22.2 Å². The molecule has 1 saturated carbocycles. The van der Waals surface area contributed by atoms with Crippen LogP contribution in [-0.4, -0.2) is 35.1 Å². The Kier molecular flexibility index (Phi) is 4.40. The maximum absolute atomic E-state index is 12.5. The zero-order chi connectivity index (χ0) is 14.8. The predicted molar refractivity (Wildman–Crippen MR) is 79.6 cm³/mol. The van der Waals surface area contributed by atoms with Crippen LogP contribution in [0, 0.1) is 0 Å². The molecule has 1 heterocycles. The van der Waals surface area contributed by atoms with E-state index in [1.165, 1.54) is 0 Å². The largest absolute Gasteiger partial charge is 0.381 e. The normalized spacial score (nSPS) is 24.7. The zero-order valence-corrected chi connectivity index (χ0v) is 12.9. The molecule has 1 fully saturated rings. The molecular formula is C15H20ClN3O2. The highest BCUT2D eigenvalue weighted by molar-refractivity contribution is 6.28. The second-order valence-corrected chi connectivity index (χ2v) is 6.14. The molecule has 0 aliphatic heterocycles. The summed E-state index contributed by atoms with van der Waals surface area (Å²) in [7, 11) is 1.75. The number of methoxy groups -OCH3 is 1. The first-order valence-electron chi connectivity index (χ1n) is 7.56. The van der Waals surface area contributed by atoms with Crippen LogP contribution in [0.1, 0.15) is 53.8 Å². The molecule has 114 valence electrons. The summed E-state index contributed by atoms with van der Waals surface area (Å²) >= 11 is 5.93. The molecule has 1 N–H and O–H groups in total. The summed E-state index contributed by atoms with van der Waals surface area (Å²) in [5.74, 6) is -0.113. The number of carbonyl (C=O) groups is 1. The summed E-state index contributed by atoms with van der Waals surface area (Å²) < 4.78 is 5.35. The van der Waals surface area contributed by atoms with Gasteiger partial charge in [-0.05, 0) is 56.5 Å². The first-order chi connectivity index (χ1) is 10.2. The van der Waals surface area contributed by atoms with Gasteiger partial charge in [-0.25, -0.2) is 9.97 Å². The monoisotopic (exact) mass is 309 g/mol. The number of fused-ring (bicyclic) bond motifs is 1. The van der Waals surface area contributed by atoms with E-state index in [1.54, 1.807) is 7.11 Å². The van der Waals surface area contributed by atoms with E-state index < -0.39 is 0 Å². The number of aromatic nitrogens is 2. The van der Waals surface area contributed by atoms with E-state index in [9.17, 15) is 4.79 Å². The molecule has 0 aromatic carbocycles. The molecule has 2 aliphatic rings. The van der Waals surface area contributed by atoms with Gasteiger partial charge in [0.1, 0.15) is 5.69 Å². The molecule has 0 saturated heterocycles. The first kappa shape index (κ1) is 14.7. The Balaban J connectivity index is 1.69. The minimum Gasteiger partial charge on any atom is -0.381 e. The Morgan fingerprint density at radius 3 is 2.71 bits per heavy atom. The van der Waals surface area contributed by atoms with Gasteiger partial charge in [0.2, 0.25) is 5.28 Å². The van der Waals surface area contributed by atoms with Crippen LogP contribution in [0.5, 0.6) is 0 Å². The van der Waals surface area contributed by atoms with Gasteiger partial charge in [0.05, 0.1) is 6.10 Å². The molecule has 0 bridgehead atoms. The summed E-state index contributed by atoms with van der Waals surface area (Å²) in [5, 5.41) is 3.26. The molecular weight excluding hydrogens is 290 g/mol. The van der Waals surface area contributed by atoms with Crippen molar-refractivity contribution >= 4 is 17.5 Å². The van der Waals surface area contributed by atoms with Crippen molar-refractivity contribution in [3.63, 3.8) is 0 Å². The number of amides is 1. The van der Waals surface area contributed by atoms with Gasteiger partial charge in [-0.3, -0.25) is 4.79 Å². The summed E-state index contributed by atoms with van der Waals surface area (Å²) in [5.41, 5.74) is 2.38. The summed E-state index contributed by atoms with van der Waals surface area (Å²) in [4.78, 5) is 20.9. The van der Waals surface area contributed by atoms with Crippen LogP contribution in [0.15, 0.2) is 0 Å². The quantitative estimate of drug-likeness (QED) is 0.870. The Bertz CT molecular complexity index is 542. The van der Waals surface area contributed by atoms with Crippen LogP contribution < -0.4 is 5.32 Å². The fourth-order valence-corrected chi connectivity index (χ4v) is 3.47. The highest BCUT2D eigenvalue weighted by atomic mass is 35.5. The van der Waals surface area contributed by atoms with Gasteiger partial charge in [0.15, 0.2) is 0 Å². The van der Waals surface area contributed by atoms with E-state index in [4.69, 9.17) is 16.3 Å². The van der Waals surface area contributed by atoms with Crippen molar-refractivity contribution in [2.75, 3.05) is 7.11 Å².